The summed E-state index contributed by atoms with van der Waals surface area (Å²) in [5, 5.41) is 12.7. The predicted molar refractivity (Wildman–Crippen MR) is 95.6 cm³/mol. The average molecular weight is 363 g/mol. The lowest BCUT2D eigenvalue weighted by molar-refractivity contribution is 0.0694. The van der Waals surface area contributed by atoms with Crippen molar-refractivity contribution in [3.63, 3.8) is 0 Å². The van der Waals surface area contributed by atoms with Gasteiger partial charge in [-0.05, 0) is 13.0 Å². The summed E-state index contributed by atoms with van der Waals surface area (Å²) >= 11 is 1.54. The SMILES string of the molecule is CC1CSc2c(N3CCNCC3)c(F)cc3c(=O)c(C(=O)O)cn1c23. The number of aromatic nitrogens is 1. The third-order valence-electron chi connectivity index (χ3n) is 4.81. The fourth-order valence-corrected chi connectivity index (χ4v) is 4.83. The summed E-state index contributed by atoms with van der Waals surface area (Å²) in [7, 11) is 0. The molecule has 1 fully saturated rings. The van der Waals surface area contributed by atoms with E-state index in [1.807, 2.05) is 16.4 Å². The standard InChI is InChI=1S/C17H18FN3O3S/c1-9-8-25-16-13-10(15(22)11(17(23)24)7-21(9)13)6-12(18)14(16)20-4-2-19-3-5-20/h6-7,9,19H,2-5,8H2,1H3,(H,23,24). The molecule has 1 atom stereocenters. The molecule has 8 heteroatoms. The molecule has 2 N–H and O–H groups in total. The lowest BCUT2D eigenvalue weighted by Crippen LogP contribution is -2.44. The molecular formula is C17H18FN3O3S. The molecule has 0 radical (unpaired) electrons. The van der Waals surface area contributed by atoms with Gasteiger partial charge in [0.15, 0.2) is 0 Å². The van der Waals surface area contributed by atoms with Crippen LogP contribution in [0.4, 0.5) is 10.1 Å². The number of anilines is 1. The minimum atomic E-state index is -1.28. The van der Waals surface area contributed by atoms with Crippen LogP contribution in [0.15, 0.2) is 22.0 Å². The van der Waals surface area contributed by atoms with E-state index in [-0.39, 0.29) is 17.0 Å². The Morgan fingerprint density at radius 3 is 2.80 bits per heavy atom. The van der Waals surface area contributed by atoms with Crippen molar-refractivity contribution in [2.75, 3.05) is 36.8 Å². The lowest BCUT2D eigenvalue weighted by Gasteiger charge is -2.34. The summed E-state index contributed by atoms with van der Waals surface area (Å²) in [6.45, 7) is 4.93. The summed E-state index contributed by atoms with van der Waals surface area (Å²) in [5.74, 6) is -1.04. The highest BCUT2D eigenvalue weighted by molar-refractivity contribution is 7.99. The molecule has 0 saturated carbocycles. The molecule has 1 saturated heterocycles. The van der Waals surface area contributed by atoms with Crippen LogP contribution in [-0.2, 0) is 0 Å². The Labute approximate surface area is 147 Å². The first kappa shape index (κ1) is 16.4. The van der Waals surface area contributed by atoms with Crippen LogP contribution in [0.2, 0.25) is 0 Å². The Balaban J connectivity index is 2.06. The number of rotatable bonds is 2. The number of carboxylic acid groups (broad SMARTS) is 1. The van der Waals surface area contributed by atoms with E-state index in [1.54, 1.807) is 0 Å². The second-order valence-electron chi connectivity index (χ2n) is 6.41. The summed E-state index contributed by atoms with van der Waals surface area (Å²) in [5.41, 5.74) is 0.239. The van der Waals surface area contributed by atoms with Gasteiger partial charge in [0, 0.05) is 44.2 Å². The van der Waals surface area contributed by atoms with Gasteiger partial charge in [0.1, 0.15) is 11.4 Å². The number of nitrogens with zero attached hydrogens (tertiary/aromatic N) is 2. The number of carboxylic acids is 1. The Morgan fingerprint density at radius 2 is 2.12 bits per heavy atom. The van der Waals surface area contributed by atoms with Crippen LogP contribution in [0.5, 0.6) is 0 Å². The van der Waals surface area contributed by atoms with Gasteiger partial charge < -0.3 is 19.9 Å². The number of thioether (sulfide) groups is 1. The van der Waals surface area contributed by atoms with Crippen LogP contribution in [0.1, 0.15) is 23.3 Å². The normalized spacial score (nSPS) is 20.1. The third-order valence-corrected chi connectivity index (χ3v) is 6.13. The number of hydrogen-bond donors (Lipinski definition) is 2. The minimum Gasteiger partial charge on any atom is -0.477 e. The molecule has 2 aliphatic rings. The smallest absolute Gasteiger partial charge is 0.341 e. The minimum absolute atomic E-state index is 0.0278. The number of piperazine rings is 1. The summed E-state index contributed by atoms with van der Waals surface area (Å²) in [6.07, 6.45) is 1.40. The van der Waals surface area contributed by atoms with E-state index in [4.69, 9.17) is 0 Å². The van der Waals surface area contributed by atoms with E-state index < -0.39 is 17.2 Å². The number of aromatic carboxylic acids is 1. The average Bonchev–Trinajstić information content (AvgIpc) is 2.60. The molecule has 1 unspecified atom stereocenters. The number of hydrogen-bond acceptors (Lipinski definition) is 5. The predicted octanol–water partition coefficient (Wildman–Crippen LogP) is 1.92. The van der Waals surface area contributed by atoms with Crippen molar-refractivity contribution in [1.29, 1.82) is 0 Å². The van der Waals surface area contributed by atoms with Gasteiger partial charge in [0.2, 0.25) is 5.43 Å². The van der Waals surface area contributed by atoms with E-state index in [0.717, 1.165) is 18.0 Å². The van der Waals surface area contributed by atoms with Gasteiger partial charge in [-0.3, -0.25) is 4.79 Å². The first-order valence-corrected chi connectivity index (χ1v) is 9.20. The van der Waals surface area contributed by atoms with Crippen molar-refractivity contribution in [3.8, 4) is 0 Å². The molecule has 2 aliphatic heterocycles. The fraction of sp³-hybridized carbons (Fsp3) is 0.412. The second-order valence-corrected chi connectivity index (χ2v) is 7.44. The van der Waals surface area contributed by atoms with Gasteiger partial charge in [-0.15, -0.1) is 11.8 Å². The fourth-order valence-electron chi connectivity index (χ4n) is 3.55. The molecule has 1 aromatic carbocycles. The molecule has 6 nitrogen and oxygen atoms in total. The largest absolute Gasteiger partial charge is 0.477 e. The number of pyridine rings is 1. The molecule has 25 heavy (non-hydrogen) atoms. The van der Waals surface area contributed by atoms with Crippen molar-refractivity contribution >= 4 is 34.3 Å². The van der Waals surface area contributed by atoms with Crippen molar-refractivity contribution in [2.24, 2.45) is 0 Å². The Bertz CT molecular complexity index is 937. The molecular weight excluding hydrogens is 345 g/mol. The topological polar surface area (TPSA) is 74.6 Å². The maximum atomic E-state index is 14.9. The van der Waals surface area contributed by atoms with Crippen LogP contribution in [0.3, 0.4) is 0 Å². The highest BCUT2D eigenvalue weighted by Crippen LogP contribution is 2.43. The highest BCUT2D eigenvalue weighted by Gasteiger charge is 2.29. The highest BCUT2D eigenvalue weighted by atomic mass is 32.2. The first-order valence-electron chi connectivity index (χ1n) is 8.22. The van der Waals surface area contributed by atoms with Crippen molar-refractivity contribution in [2.45, 2.75) is 17.9 Å². The van der Waals surface area contributed by atoms with Crippen molar-refractivity contribution in [1.82, 2.24) is 9.88 Å². The molecule has 1 aromatic heterocycles. The van der Waals surface area contributed by atoms with Crippen LogP contribution in [-0.4, -0.2) is 47.6 Å². The van der Waals surface area contributed by atoms with Crippen LogP contribution < -0.4 is 15.6 Å². The Hall–Kier alpha value is -2.06. The third kappa shape index (κ3) is 2.51. The molecule has 132 valence electrons. The molecule has 0 aliphatic carbocycles. The van der Waals surface area contributed by atoms with Gasteiger partial charge in [-0.25, -0.2) is 9.18 Å². The van der Waals surface area contributed by atoms with E-state index in [2.05, 4.69) is 5.32 Å². The van der Waals surface area contributed by atoms with Crippen molar-refractivity contribution in [3.05, 3.63) is 33.9 Å². The van der Waals surface area contributed by atoms with Gasteiger partial charge in [0.05, 0.1) is 21.5 Å². The number of nitrogens with one attached hydrogen (secondary N) is 1. The zero-order chi connectivity index (χ0) is 17.7. The molecule has 4 rings (SSSR count). The monoisotopic (exact) mass is 363 g/mol. The number of benzene rings is 1. The number of halogens is 1. The zero-order valence-corrected chi connectivity index (χ0v) is 14.5. The van der Waals surface area contributed by atoms with Gasteiger partial charge >= 0.3 is 5.97 Å². The molecule has 0 amide bonds. The molecule has 2 aromatic rings. The molecule has 0 spiro atoms. The summed E-state index contributed by atoms with van der Waals surface area (Å²) in [6, 6.07) is 1.24. The van der Waals surface area contributed by atoms with E-state index in [9.17, 15) is 19.1 Å². The van der Waals surface area contributed by atoms with Crippen LogP contribution in [0, 0.1) is 5.82 Å². The quantitative estimate of drug-likeness (QED) is 0.849. The second kappa shape index (κ2) is 6.03. The summed E-state index contributed by atoms with van der Waals surface area (Å²) < 4.78 is 16.8. The van der Waals surface area contributed by atoms with Gasteiger partial charge in [-0.1, -0.05) is 0 Å². The first-order chi connectivity index (χ1) is 12.0. The molecule has 0 bridgehead atoms. The van der Waals surface area contributed by atoms with Crippen molar-refractivity contribution < 1.29 is 14.3 Å². The summed E-state index contributed by atoms with van der Waals surface area (Å²) in [4.78, 5) is 26.7. The maximum Gasteiger partial charge on any atom is 0.341 e. The van der Waals surface area contributed by atoms with Crippen LogP contribution >= 0.6 is 11.8 Å². The van der Waals surface area contributed by atoms with Gasteiger partial charge in [-0.2, -0.15) is 0 Å². The Kier molecular flexibility index (Phi) is 3.96. The zero-order valence-electron chi connectivity index (χ0n) is 13.7. The van der Waals surface area contributed by atoms with E-state index in [0.29, 0.717) is 30.0 Å². The van der Waals surface area contributed by atoms with Crippen LogP contribution in [0.25, 0.3) is 10.9 Å². The van der Waals surface area contributed by atoms with Gasteiger partial charge in [0.25, 0.3) is 0 Å². The lowest BCUT2D eigenvalue weighted by atomic mass is 10.1. The Morgan fingerprint density at radius 1 is 1.40 bits per heavy atom. The van der Waals surface area contributed by atoms with E-state index >= 15 is 0 Å². The van der Waals surface area contributed by atoms with E-state index in [1.165, 1.54) is 24.0 Å². The maximum absolute atomic E-state index is 14.9. The number of carbonyl (C=O) groups is 1. The molecule has 3 heterocycles.